The molecule has 3 N–H and O–H groups in total. The number of halogens is 1. The summed E-state index contributed by atoms with van der Waals surface area (Å²) in [7, 11) is 3.05. The molecule has 0 spiro atoms. The first-order valence-electron chi connectivity index (χ1n) is 12.2. The summed E-state index contributed by atoms with van der Waals surface area (Å²) in [6.45, 7) is 0. The van der Waals surface area contributed by atoms with E-state index in [-0.39, 0.29) is 22.9 Å². The molecule has 0 aliphatic rings. The van der Waals surface area contributed by atoms with Crippen molar-refractivity contribution in [3.63, 3.8) is 0 Å². The third-order valence-electron chi connectivity index (χ3n) is 5.94. The van der Waals surface area contributed by atoms with E-state index in [1.807, 2.05) is 6.07 Å². The molecule has 0 fully saturated rings. The summed E-state index contributed by atoms with van der Waals surface area (Å²) in [4.78, 5) is 22.0. The lowest BCUT2D eigenvalue weighted by Crippen LogP contribution is -2.22. The largest absolute Gasteiger partial charge is 0.497 e. The zero-order chi connectivity index (χ0) is 28.9. The molecule has 0 saturated heterocycles. The Balaban J connectivity index is 1.57. The average Bonchev–Trinajstić information content (AvgIpc) is 2.97. The number of rotatable bonds is 9. The van der Waals surface area contributed by atoms with Gasteiger partial charge in [0.15, 0.2) is 11.6 Å². The average molecular weight is 574 g/mol. The number of hydrogen-bond acceptors (Lipinski definition) is 7. The molecule has 5 aromatic rings. The third kappa shape index (κ3) is 6.24. The second kappa shape index (κ2) is 12.0. The van der Waals surface area contributed by atoms with Crippen LogP contribution in [0, 0.1) is 5.82 Å². The Morgan fingerprint density at radius 1 is 0.854 bits per heavy atom. The summed E-state index contributed by atoms with van der Waals surface area (Å²) in [5.41, 5.74) is 2.24. The van der Waals surface area contributed by atoms with Crippen LogP contribution in [0.3, 0.4) is 0 Å². The van der Waals surface area contributed by atoms with Crippen LogP contribution in [0.2, 0.25) is 0 Å². The first-order chi connectivity index (χ1) is 19.8. The number of ether oxygens (including phenoxy) is 2. The molecule has 5 rings (SSSR count). The summed E-state index contributed by atoms with van der Waals surface area (Å²) >= 11 is -2.61. The van der Waals surface area contributed by atoms with Gasteiger partial charge in [-0.15, -0.1) is 0 Å². The maximum absolute atomic E-state index is 13.6. The highest BCUT2D eigenvalue weighted by atomic mass is 32.2. The fraction of sp³-hybridized carbons (Fsp3) is 0.0690. The van der Waals surface area contributed by atoms with E-state index in [1.165, 1.54) is 38.5 Å². The molecule has 1 atom stereocenters. The highest BCUT2D eigenvalue weighted by Gasteiger charge is 2.24. The van der Waals surface area contributed by atoms with E-state index in [2.05, 4.69) is 20.6 Å². The van der Waals surface area contributed by atoms with Crippen LogP contribution in [0.5, 0.6) is 11.5 Å². The maximum atomic E-state index is 13.6. The Hall–Kier alpha value is -5.07. The summed E-state index contributed by atoms with van der Waals surface area (Å²) in [6, 6.07) is 23.8. The SMILES string of the molecule is COc1cc(Nc2nc3ccccc3nc2N(c2cccc(NC(=O)c3cccc(F)c3)c2)S(=O)O)cc(OC)c1. The highest BCUT2D eigenvalue weighted by Crippen LogP contribution is 2.36. The van der Waals surface area contributed by atoms with Crippen molar-refractivity contribution in [2.75, 3.05) is 29.2 Å². The van der Waals surface area contributed by atoms with Gasteiger partial charge in [0.1, 0.15) is 17.3 Å². The fourth-order valence-electron chi connectivity index (χ4n) is 4.06. The van der Waals surface area contributed by atoms with Crippen molar-refractivity contribution in [3.8, 4) is 11.5 Å². The number of aromatic nitrogens is 2. The van der Waals surface area contributed by atoms with Crippen molar-refractivity contribution in [3.05, 3.63) is 102 Å². The van der Waals surface area contributed by atoms with Gasteiger partial charge < -0.3 is 20.1 Å². The molecular formula is C29H24FN5O5S. The quantitative estimate of drug-likeness (QED) is 0.182. The van der Waals surface area contributed by atoms with Crippen LogP contribution in [0.4, 0.5) is 33.1 Å². The van der Waals surface area contributed by atoms with Gasteiger partial charge in [0, 0.05) is 35.1 Å². The van der Waals surface area contributed by atoms with Crippen LogP contribution in [0.25, 0.3) is 11.0 Å². The second-order valence-electron chi connectivity index (χ2n) is 8.65. The van der Waals surface area contributed by atoms with Crippen LogP contribution in [0.1, 0.15) is 10.4 Å². The number of para-hydroxylation sites is 2. The van der Waals surface area contributed by atoms with Gasteiger partial charge in [0.2, 0.25) is 0 Å². The number of nitrogens with one attached hydrogen (secondary N) is 2. The molecule has 4 aromatic carbocycles. The monoisotopic (exact) mass is 573 g/mol. The lowest BCUT2D eigenvalue weighted by molar-refractivity contribution is 0.102. The molecule has 1 aromatic heterocycles. The molecule has 208 valence electrons. The van der Waals surface area contributed by atoms with Crippen LogP contribution in [0.15, 0.2) is 91.0 Å². The molecule has 0 bridgehead atoms. The zero-order valence-corrected chi connectivity index (χ0v) is 22.7. The molecule has 0 aliphatic heterocycles. The Morgan fingerprint density at radius 3 is 2.20 bits per heavy atom. The van der Waals surface area contributed by atoms with Crippen LogP contribution in [-0.4, -0.2) is 38.9 Å². The van der Waals surface area contributed by atoms with E-state index in [0.717, 1.165) is 10.4 Å². The van der Waals surface area contributed by atoms with Crippen LogP contribution < -0.4 is 24.4 Å². The normalized spacial score (nSPS) is 11.5. The molecule has 1 amide bonds. The van der Waals surface area contributed by atoms with E-state index in [0.29, 0.717) is 33.9 Å². The zero-order valence-electron chi connectivity index (χ0n) is 21.9. The molecule has 41 heavy (non-hydrogen) atoms. The molecule has 1 unspecified atom stereocenters. The van der Waals surface area contributed by atoms with Crippen molar-refractivity contribution in [1.29, 1.82) is 0 Å². The molecule has 0 aliphatic carbocycles. The smallest absolute Gasteiger partial charge is 0.268 e. The summed E-state index contributed by atoms with van der Waals surface area (Å²) in [5.74, 6) is 0.170. The first kappa shape index (κ1) is 27.5. The van der Waals surface area contributed by atoms with Gasteiger partial charge in [-0.05, 0) is 48.5 Å². The minimum atomic E-state index is -2.61. The number of amides is 1. The lowest BCUT2D eigenvalue weighted by atomic mass is 10.2. The molecule has 1 heterocycles. The number of hydrogen-bond donors (Lipinski definition) is 3. The molecular weight excluding hydrogens is 549 g/mol. The Morgan fingerprint density at radius 2 is 1.54 bits per heavy atom. The summed E-state index contributed by atoms with van der Waals surface area (Å²) < 4.78 is 48.7. The van der Waals surface area contributed by atoms with E-state index in [1.54, 1.807) is 54.6 Å². The van der Waals surface area contributed by atoms with Crippen LogP contribution >= 0.6 is 0 Å². The summed E-state index contributed by atoms with van der Waals surface area (Å²) in [6.07, 6.45) is 0. The summed E-state index contributed by atoms with van der Waals surface area (Å²) in [5, 5.41) is 5.85. The number of nitrogens with zero attached hydrogens (tertiary/aromatic N) is 3. The van der Waals surface area contributed by atoms with Gasteiger partial charge >= 0.3 is 0 Å². The van der Waals surface area contributed by atoms with Gasteiger partial charge in [-0.2, -0.15) is 0 Å². The number of benzene rings is 4. The number of fused-ring (bicyclic) bond motifs is 1. The van der Waals surface area contributed by atoms with Gasteiger partial charge in [-0.3, -0.25) is 9.35 Å². The van der Waals surface area contributed by atoms with E-state index in [4.69, 9.17) is 9.47 Å². The second-order valence-corrected chi connectivity index (χ2v) is 9.48. The molecule has 12 heteroatoms. The number of carbonyl (C=O) groups is 1. The Labute approximate surface area is 237 Å². The van der Waals surface area contributed by atoms with Crippen molar-refractivity contribution < 1.29 is 27.4 Å². The predicted molar refractivity (Wildman–Crippen MR) is 156 cm³/mol. The van der Waals surface area contributed by atoms with E-state index >= 15 is 0 Å². The molecule has 10 nitrogen and oxygen atoms in total. The van der Waals surface area contributed by atoms with Crippen molar-refractivity contribution in [2.45, 2.75) is 0 Å². The standard InChI is InChI=1S/C29H24FN5O5S/c1-39-23-15-21(16-24(17-23)40-2)31-27-28(34-26-12-4-3-11-25(26)33-27)35(41(37)38)22-10-6-9-20(14-22)32-29(36)18-7-5-8-19(30)13-18/h3-17H,1-2H3,(H,31,33)(H,32,36)(H,37,38). The van der Waals surface area contributed by atoms with Gasteiger partial charge in [-0.25, -0.2) is 22.9 Å². The first-order valence-corrected chi connectivity index (χ1v) is 13.3. The van der Waals surface area contributed by atoms with Crippen molar-refractivity contribution in [1.82, 2.24) is 9.97 Å². The lowest BCUT2D eigenvalue weighted by Gasteiger charge is -2.23. The highest BCUT2D eigenvalue weighted by molar-refractivity contribution is 7.81. The third-order valence-corrected chi connectivity index (χ3v) is 6.64. The number of carbonyl (C=O) groups excluding carboxylic acids is 1. The van der Waals surface area contributed by atoms with Gasteiger partial charge in [0.05, 0.1) is 30.9 Å². The van der Waals surface area contributed by atoms with Gasteiger partial charge in [-0.1, -0.05) is 24.3 Å². The maximum Gasteiger partial charge on any atom is 0.268 e. The fourth-order valence-corrected chi connectivity index (χ4v) is 4.63. The van der Waals surface area contributed by atoms with Crippen LogP contribution in [-0.2, 0) is 11.3 Å². The van der Waals surface area contributed by atoms with E-state index < -0.39 is 23.0 Å². The predicted octanol–water partition coefficient (Wildman–Crippen LogP) is 6.06. The number of methoxy groups -OCH3 is 2. The molecule has 0 radical (unpaired) electrons. The topological polar surface area (TPSA) is 126 Å². The minimum absolute atomic E-state index is 0.0416. The van der Waals surface area contributed by atoms with Crippen molar-refractivity contribution in [2.24, 2.45) is 0 Å². The number of anilines is 5. The molecule has 0 saturated carbocycles. The Kier molecular flexibility index (Phi) is 8.04. The van der Waals surface area contributed by atoms with E-state index in [9.17, 15) is 17.9 Å². The minimum Gasteiger partial charge on any atom is -0.497 e. The van der Waals surface area contributed by atoms with Crippen molar-refractivity contribution >= 4 is 56.9 Å². The Bertz CT molecular complexity index is 1750. The van der Waals surface area contributed by atoms with Gasteiger partial charge in [0.25, 0.3) is 17.2 Å².